The molecule has 7 nitrogen and oxygen atoms in total. The first kappa shape index (κ1) is 15.8. The Morgan fingerprint density at radius 3 is 2.58 bits per heavy atom. The van der Waals surface area contributed by atoms with Crippen molar-refractivity contribution in [3.63, 3.8) is 0 Å². The van der Waals surface area contributed by atoms with Gasteiger partial charge < -0.3 is 0 Å². The van der Waals surface area contributed by atoms with Gasteiger partial charge in [0.2, 0.25) is 5.91 Å². The summed E-state index contributed by atoms with van der Waals surface area (Å²) < 4.78 is 13.0. The number of nitrogens with one attached hydrogen (secondary N) is 2. The average Bonchev–Trinajstić information content (AvgIpc) is 2.88. The quantitative estimate of drug-likeness (QED) is 0.639. The van der Waals surface area contributed by atoms with Crippen LogP contribution in [0.25, 0.3) is 0 Å². The number of amides is 3. The molecule has 122 valence electrons. The van der Waals surface area contributed by atoms with E-state index < -0.39 is 29.6 Å². The molecule has 0 bridgehead atoms. The third kappa shape index (κ3) is 3.13. The average molecular weight is 328 g/mol. The van der Waals surface area contributed by atoms with E-state index in [9.17, 15) is 18.8 Å². The first-order chi connectivity index (χ1) is 11.6. The molecular weight excluding hydrogens is 315 g/mol. The normalized spacial score (nSPS) is 17.2. The molecule has 8 heteroatoms. The minimum Gasteiger partial charge on any atom is -0.285 e. The summed E-state index contributed by atoms with van der Waals surface area (Å²) in [6.07, 6.45) is 1.36. The number of rotatable bonds is 4. The summed E-state index contributed by atoms with van der Waals surface area (Å²) in [4.78, 5) is 41.1. The molecule has 2 heterocycles. The molecule has 1 aromatic heterocycles. The summed E-state index contributed by atoms with van der Waals surface area (Å²) in [6.45, 7) is 0. The number of pyridine rings is 1. The van der Waals surface area contributed by atoms with Crippen LogP contribution in [-0.2, 0) is 9.59 Å². The van der Waals surface area contributed by atoms with Gasteiger partial charge in [0.1, 0.15) is 17.6 Å². The Hall–Kier alpha value is -3.13. The van der Waals surface area contributed by atoms with Gasteiger partial charge in [0.05, 0.1) is 12.1 Å². The van der Waals surface area contributed by atoms with Crippen LogP contribution >= 0.6 is 0 Å². The van der Waals surface area contributed by atoms with Crippen molar-refractivity contribution < 1.29 is 18.8 Å². The number of hydrogen-bond acceptors (Lipinski definition) is 5. The van der Waals surface area contributed by atoms with E-state index in [-0.39, 0.29) is 17.8 Å². The molecule has 24 heavy (non-hydrogen) atoms. The van der Waals surface area contributed by atoms with Gasteiger partial charge in [0.15, 0.2) is 0 Å². The summed E-state index contributed by atoms with van der Waals surface area (Å²) in [5.41, 5.74) is 5.37. The van der Waals surface area contributed by atoms with Crippen molar-refractivity contribution in [1.29, 1.82) is 0 Å². The Bertz CT molecular complexity index is 780. The van der Waals surface area contributed by atoms with Gasteiger partial charge in [-0.3, -0.25) is 24.8 Å². The Labute approximate surface area is 136 Å². The first-order valence-electron chi connectivity index (χ1n) is 7.15. The minimum absolute atomic E-state index is 0.112. The van der Waals surface area contributed by atoms with Crippen LogP contribution in [0.4, 0.5) is 10.1 Å². The summed E-state index contributed by atoms with van der Waals surface area (Å²) in [7, 11) is 0. The highest BCUT2D eigenvalue weighted by atomic mass is 19.1. The zero-order chi connectivity index (χ0) is 17.1. The fourth-order valence-electron chi connectivity index (χ4n) is 2.32. The summed E-state index contributed by atoms with van der Waals surface area (Å²) >= 11 is 0. The number of hydrazine groups is 1. The lowest BCUT2D eigenvalue weighted by Gasteiger charge is -2.15. The lowest BCUT2D eigenvalue weighted by molar-refractivity contribution is -0.121. The second kappa shape index (κ2) is 6.55. The van der Waals surface area contributed by atoms with Gasteiger partial charge in [-0.1, -0.05) is 6.07 Å². The molecule has 1 atom stereocenters. The lowest BCUT2D eigenvalue weighted by Crippen LogP contribution is -2.48. The highest BCUT2D eigenvalue weighted by Crippen LogP contribution is 2.22. The fraction of sp³-hybridized carbons (Fsp3) is 0.125. The largest absolute Gasteiger partial charge is 0.285 e. The van der Waals surface area contributed by atoms with E-state index >= 15 is 0 Å². The maximum absolute atomic E-state index is 13.0. The molecule has 0 radical (unpaired) electrons. The highest BCUT2D eigenvalue weighted by molar-refractivity contribution is 6.22. The predicted octanol–water partition coefficient (Wildman–Crippen LogP) is 0.787. The molecule has 2 aromatic rings. The van der Waals surface area contributed by atoms with Crippen LogP contribution in [0.5, 0.6) is 0 Å². The van der Waals surface area contributed by atoms with Gasteiger partial charge in [-0.15, -0.1) is 0 Å². The molecule has 0 aliphatic carbocycles. The topological polar surface area (TPSA) is 91.4 Å². The highest BCUT2D eigenvalue weighted by Gasteiger charge is 2.39. The van der Waals surface area contributed by atoms with Crippen molar-refractivity contribution >= 4 is 23.4 Å². The maximum Gasteiger partial charge on any atom is 0.283 e. The molecule has 1 unspecified atom stereocenters. The number of benzene rings is 1. The summed E-state index contributed by atoms with van der Waals surface area (Å²) in [5, 5.41) is 0. The predicted molar refractivity (Wildman–Crippen MR) is 82.1 cm³/mol. The Morgan fingerprint density at radius 2 is 1.92 bits per heavy atom. The number of anilines is 1. The van der Waals surface area contributed by atoms with Crippen molar-refractivity contribution in [3.8, 4) is 0 Å². The Kier molecular flexibility index (Phi) is 4.30. The van der Waals surface area contributed by atoms with Gasteiger partial charge in [-0.2, -0.15) is 0 Å². The van der Waals surface area contributed by atoms with Crippen molar-refractivity contribution in [2.75, 3.05) is 4.90 Å². The second-order valence-corrected chi connectivity index (χ2v) is 5.11. The van der Waals surface area contributed by atoms with E-state index in [1.165, 1.54) is 36.5 Å². The molecule has 3 amide bonds. The SMILES string of the molecule is O=C(NNC1CC(=O)N(c2ccc(F)cc2)C1=O)c1ccccn1. The standard InChI is InChI=1S/C16H13FN4O3/c17-10-4-6-11(7-5-10)21-14(22)9-13(16(21)24)19-20-15(23)12-3-1-2-8-18-12/h1-8,13,19H,9H2,(H,20,23). The molecule has 1 saturated heterocycles. The molecule has 1 fully saturated rings. The summed E-state index contributed by atoms with van der Waals surface area (Å²) in [5.74, 6) is -1.93. The third-order valence-electron chi connectivity index (χ3n) is 3.49. The summed E-state index contributed by atoms with van der Waals surface area (Å²) in [6, 6.07) is 8.98. The molecule has 1 aliphatic heterocycles. The van der Waals surface area contributed by atoms with Gasteiger partial charge >= 0.3 is 0 Å². The van der Waals surface area contributed by atoms with E-state index in [0.29, 0.717) is 0 Å². The van der Waals surface area contributed by atoms with Crippen LogP contribution in [0, 0.1) is 5.82 Å². The number of halogens is 1. The van der Waals surface area contributed by atoms with E-state index in [2.05, 4.69) is 15.8 Å². The van der Waals surface area contributed by atoms with Crippen LogP contribution in [0.15, 0.2) is 48.7 Å². The van der Waals surface area contributed by atoms with E-state index in [4.69, 9.17) is 0 Å². The van der Waals surface area contributed by atoms with Crippen molar-refractivity contribution in [3.05, 3.63) is 60.2 Å². The molecular formula is C16H13FN4O3. The van der Waals surface area contributed by atoms with E-state index in [1.807, 2.05) is 0 Å². The fourth-order valence-corrected chi connectivity index (χ4v) is 2.32. The Balaban J connectivity index is 1.66. The van der Waals surface area contributed by atoms with Gasteiger partial charge in [0.25, 0.3) is 11.8 Å². The van der Waals surface area contributed by atoms with Crippen molar-refractivity contribution in [1.82, 2.24) is 15.8 Å². The van der Waals surface area contributed by atoms with Crippen LogP contribution in [0.2, 0.25) is 0 Å². The Morgan fingerprint density at radius 1 is 1.17 bits per heavy atom. The monoisotopic (exact) mass is 328 g/mol. The number of carbonyl (C=O) groups excluding carboxylic acids is 3. The first-order valence-corrected chi connectivity index (χ1v) is 7.15. The van der Waals surface area contributed by atoms with Crippen LogP contribution < -0.4 is 15.8 Å². The number of nitrogens with zero attached hydrogens (tertiary/aromatic N) is 2. The smallest absolute Gasteiger partial charge is 0.283 e. The lowest BCUT2D eigenvalue weighted by atomic mass is 10.2. The zero-order valence-corrected chi connectivity index (χ0v) is 12.4. The number of carbonyl (C=O) groups is 3. The minimum atomic E-state index is -0.893. The zero-order valence-electron chi connectivity index (χ0n) is 12.4. The van der Waals surface area contributed by atoms with Gasteiger partial charge in [-0.05, 0) is 36.4 Å². The number of imide groups is 1. The number of hydrogen-bond donors (Lipinski definition) is 2. The molecule has 0 saturated carbocycles. The van der Waals surface area contributed by atoms with Crippen LogP contribution in [-0.4, -0.2) is 28.7 Å². The molecule has 3 rings (SSSR count). The van der Waals surface area contributed by atoms with E-state index in [0.717, 1.165) is 4.90 Å². The van der Waals surface area contributed by atoms with E-state index in [1.54, 1.807) is 12.1 Å². The molecule has 0 spiro atoms. The van der Waals surface area contributed by atoms with Gasteiger partial charge in [0, 0.05) is 6.20 Å². The maximum atomic E-state index is 13.0. The third-order valence-corrected chi connectivity index (χ3v) is 3.49. The van der Waals surface area contributed by atoms with Crippen LogP contribution in [0.1, 0.15) is 16.9 Å². The second-order valence-electron chi connectivity index (χ2n) is 5.11. The van der Waals surface area contributed by atoms with Gasteiger partial charge in [-0.25, -0.2) is 14.7 Å². The van der Waals surface area contributed by atoms with Crippen molar-refractivity contribution in [2.24, 2.45) is 0 Å². The molecule has 1 aliphatic rings. The molecule has 2 N–H and O–H groups in total. The molecule has 1 aromatic carbocycles. The number of aromatic nitrogens is 1. The van der Waals surface area contributed by atoms with Crippen molar-refractivity contribution in [2.45, 2.75) is 12.5 Å². The van der Waals surface area contributed by atoms with Crippen LogP contribution in [0.3, 0.4) is 0 Å².